The van der Waals surface area contributed by atoms with Crippen LogP contribution in [0, 0.1) is 0 Å². The lowest BCUT2D eigenvalue weighted by atomic mass is 10.1. The molecule has 1 saturated heterocycles. The van der Waals surface area contributed by atoms with Crippen LogP contribution in [0.2, 0.25) is 0 Å². The molecule has 0 aliphatic carbocycles. The van der Waals surface area contributed by atoms with E-state index in [1.54, 1.807) is 11.6 Å². The number of fused-ring (bicyclic) bond motifs is 1. The Hall–Kier alpha value is -2.91. The zero-order valence-electron chi connectivity index (χ0n) is 15.9. The highest BCUT2D eigenvalue weighted by molar-refractivity contribution is 7.13. The van der Waals surface area contributed by atoms with Gasteiger partial charge in [0, 0.05) is 41.9 Å². The quantitative estimate of drug-likeness (QED) is 0.498. The number of nitrogens with one attached hydrogen (secondary N) is 2. The second kappa shape index (κ2) is 11.1. The van der Waals surface area contributed by atoms with Gasteiger partial charge in [0.25, 0.3) is 5.91 Å². The number of H-pyrrole nitrogens is 1. The molecule has 1 fully saturated rings. The molecule has 9 heteroatoms. The molecule has 2 aromatic heterocycles. The predicted octanol–water partition coefficient (Wildman–Crippen LogP) is 2.54. The molecule has 3 aromatic rings. The van der Waals surface area contributed by atoms with Crippen molar-refractivity contribution in [2.75, 3.05) is 30.4 Å². The van der Waals surface area contributed by atoms with E-state index in [0.29, 0.717) is 17.1 Å². The number of anilines is 2. The Bertz CT molecular complexity index is 872. The van der Waals surface area contributed by atoms with Gasteiger partial charge in [-0.05, 0) is 44.5 Å². The Kier molecular flexibility index (Phi) is 8.44. The van der Waals surface area contributed by atoms with E-state index in [0.717, 1.165) is 24.0 Å². The smallest absolute Gasteiger partial charge is 0.250 e. The van der Waals surface area contributed by atoms with Crippen molar-refractivity contribution in [3.05, 3.63) is 41.5 Å². The van der Waals surface area contributed by atoms with Crippen molar-refractivity contribution in [3.63, 3.8) is 0 Å². The lowest BCUT2D eigenvalue weighted by Gasteiger charge is -2.29. The van der Waals surface area contributed by atoms with Crippen molar-refractivity contribution in [2.45, 2.75) is 19.3 Å². The molecular formula is C19H26N6O2S. The molecule has 150 valence electrons. The van der Waals surface area contributed by atoms with Gasteiger partial charge in [0.2, 0.25) is 6.41 Å². The van der Waals surface area contributed by atoms with Crippen molar-refractivity contribution < 1.29 is 9.59 Å². The van der Waals surface area contributed by atoms with E-state index < -0.39 is 0 Å². The molecule has 8 nitrogen and oxygen atoms in total. The Morgan fingerprint density at radius 2 is 2.00 bits per heavy atom. The number of carbonyl (C=O) groups excluding carboxylic acids is 2. The Morgan fingerprint density at radius 1 is 1.25 bits per heavy atom. The van der Waals surface area contributed by atoms with Crippen molar-refractivity contribution in [1.29, 1.82) is 0 Å². The van der Waals surface area contributed by atoms with Crippen LogP contribution in [-0.4, -0.2) is 42.4 Å². The third-order valence-electron chi connectivity index (χ3n) is 4.28. The standard InChI is InChI=1S/C14H17N3O.C4H4N2OS.CH5N/c15-14(18)11-4-5-12(10-6-7-16-13(10)11)17-8-2-1-3-9-17;7-3-6-4-5-1-2-8-4;1-2/h4-7,16H,1-3,8-9H2,(H2,15,18);1-3H,(H,5,6,7);2H2,1H3. The van der Waals surface area contributed by atoms with Crippen LogP contribution in [0.4, 0.5) is 10.8 Å². The molecule has 4 rings (SSSR count). The Balaban J connectivity index is 0.000000236. The molecule has 2 amide bonds. The molecule has 0 radical (unpaired) electrons. The molecule has 1 aromatic carbocycles. The SMILES string of the molecule is CN.NC(=O)c1ccc(N2CCCCC2)c2cc[nH]c12.O=CNc1nccs1. The fourth-order valence-corrected chi connectivity index (χ4v) is 3.59. The van der Waals surface area contributed by atoms with Gasteiger partial charge in [-0.25, -0.2) is 4.98 Å². The number of aromatic nitrogens is 2. The first kappa shape index (κ1) is 21.4. The average Bonchev–Trinajstić information content (AvgIpc) is 3.42. The monoisotopic (exact) mass is 402 g/mol. The topological polar surface area (TPSA) is 130 Å². The molecule has 0 saturated carbocycles. The van der Waals surface area contributed by atoms with E-state index in [-0.39, 0.29) is 5.91 Å². The molecule has 0 spiro atoms. The van der Waals surface area contributed by atoms with Crippen LogP contribution < -0.4 is 21.7 Å². The summed E-state index contributed by atoms with van der Waals surface area (Å²) >= 11 is 1.39. The summed E-state index contributed by atoms with van der Waals surface area (Å²) < 4.78 is 0. The van der Waals surface area contributed by atoms with Crippen LogP contribution in [0.25, 0.3) is 10.9 Å². The van der Waals surface area contributed by atoms with Gasteiger partial charge < -0.3 is 26.7 Å². The highest BCUT2D eigenvalue weighted by Crippen LogP contribution is 2.30. The maximum atomic E-state index is 11.4. The summed E-state index contributed by atoms with van der Waals surface area (Å²) in [5.41, 5.74) is 12.5. The van der Waals surface area contributed by atoms with Crippen molar-refractivity contribution in [2.24, 2.45) is 11.5 Å². The minimum absolute atomic E-state index is 0.382. The molecule has 1 aliphatic heterocycles. The number of nitrogens with two attached hydrogens (primary N) is 2. The number of hydrogen-bond donors (Lipinski definition) is 4. The Labute approximate surface area is 167 Å². The van der Waals surface area contributed by atoms with E-state index in [2.05, 4.69) is 25.9 Å². The minimum Gasteiger partial charge on any atom is -0.371 e. The third kappa shape index (κ3) is 5.30. The number of aromatic amines is 1. The first-order chi connectivity index (χ1) is 13.7. The normalized spacial score (nSPS) is 13.0. The summed E-state index contributed by atoms with van der Waals surface area (Å²) in [5, 5.41) is 5.94. The van der Waals surface area contributed by atoms with Crippen LogP contribution in [0.1, 0.15) is 29.6 Å². The van der Waals surface area contributed by atoms with E-state index in [1.165, 1.54) is 43.3 Å². The van der Waals surface area contributed by atoms with E-state index in [4.69, 9.17) is 5.73 Å². The zero-order valence-corrected chi connectivity index (χ0v) is 16.7. The maximum Gasteiger partial charge on any atom is 0.250 e. The second-order valence-electron chi connectivity index (χ2n) is 5.91. The van der Waals surface area contributed by atoms with Gasteiger partial charge in [0.15, 0.2) is 5.13 Å². The van der Waals surface area contributed by atoms with Gasteiger partial charge in [-0.3, -0.25) is 9.59 Å². The Morgan fingerprint density at radius 3 is 2.61 bits per heavy atom. The number of piperidine rings is 1. The van der Waals surface area contributed by atoms with Gasteiger partial charge in [-0.1, -0.05) is 0 Å². The van der Waals surface area contributed by atoms with Gasteiger partial charge >= 0.3 is 0 Å². The van der Waals surface area contributed by atoms with Crippen LogP contribution in [0.5, 0.6) is 0 Å². The summed E-state index contributed by atoms with van der Waals surface area (Å²) in [6, 6.07) is 5.86. The summed E-state index contributed by atoms with van der Waals surface area (Å²) in [4.78, 5) is 30.4. The van der Waals surface area contributed by atoms with Gasteiger partial charge in [0.05, 0.1) is 11.1 Å². The van der Waals surface area contributed by atoms with Crippen molar-refractivity contribution in [1.82, 2.24) is 9.97 Å². The fraction of sp³-hybridized carbons (Fsp3) is 0.316. The van der Waals surface area contributed by atoms with Crippen LogP contribution in [-0.2, 0) is 4.79 Å². The number of primary amides is 1. The summed E-state index contributed by atoms with van der Waals surface area (Å²) in [5.74, 6) is -0.382. The number of hydrogen-bond acceptors (Lipinski definition) is 6. The van der Waals surface area contributed by atoms with Crippen LogP contribution in [0.15, 0.2) is 36.0 Å². The lowest BCUT2D eigenvalue weighted by Crippen LogP contribution is -2.29. The molecule has 28 heavy (non-hydrogen) atoms. The highest BCUT2D eigenvalue weighted by atomic mass is 32.1. The minimum atomic E-state index is -0.382. The molecular weight excluding hydrogens is 376 g/mol. The van der Waals surface area contributed by atoms with E-state index in [1.807, 2.05) is 24.4 Å². The third-order valence-corrected chi connectivity index (χ3v) is 4.98. The summed E-state index contributed by atoms with van der Waals surface area (Å²) in [6.45, 7) is 2.19. The highest BCUT2D eigenvalue weighted by Gasteiger charge is 2.16. The maximum absolute atomic E-state index is 11.4. The van der Waals surface area contributed by atoms with Crippen molar-refractivity contribution >= 4 is 45.4 Å². The number of benzene rings is 1. The average molecular weight is 403 g/mol. The fourth-order valence-electron chi connectivity index (χ4n) is 3.10. The number of nitrogens with zero attached hydrogens (tertiary/aromatic N) is 2. The number of rotatable bonds is 4. The number of carbonyl (C=O) groups is 2. The van der Waals surface area contributed by atoms with Gasteiger partial charge in [0.1, 0.15) is 0 Å². The molecule has 3 heterocycles. The first-order valence-electron chi connectivity index (χ1n) is 9.03. The molecule has 0 unspecified atom stereocenters. The number of thiazole rings is 1. The molecule has 0 bridgehead atoms. The lowest BCUT2D eigenvalue weighted by molar-refractivity contribution is -0.105. The summed E-state index contributed by atoms with van der Waals surface area (Å²) in [6.07, 6.45) is 7.90. The van der Waals surface area contributed by atoms with E-state index in [9.17, 15) is 9.59 Å². The van der Waals surface area contributed by atoms with Gasteiger partial charge in [-0.2, -0.15) is 0 Å². The van der Waals surface area contributed by atoms with Gasteiger partial charge in [-0.15, -0.1) is 11.3 Å². The number of amides is 2. The first-order valence-corrected chi connectivity index (χ1v) is 9.91. The summed E-state index contributed by atoms with van der Waals surface area (Å²) in [7, 11) is 1.50. The van der Waals surface area contributed by atoms with Crippen molar-refractivity contribution in [3.8, 4) is 0 Å². The molecule has 6 N–H and O–H groups in total. The molecule has 1 aliphatic rings. The van der Waals surface area contributed by atoms with E-state index >= 15 is 0 Å². The second-order valence-corrected chi connectivity index (χ2v) is 6.80. The largest absolute Gasteiger partial charge is 0.371 e. The van der Waals surface area contributed by atoms with Crippen LogP contribution >= 0.6 is 11.3 Å². The van der Waals surface area contributed by atoms with Crippen LogP contribution in [0.3, 0.4) is 0 Å². The predicted molar refractivity (Wildman–Crippen MR) is 115 cm³/mol. The molecule has 0 atom stereocenters. The zero-order chi connectivity index (χ0) is 20.4.